The summed E-state index contributed by atoms with van der Waals surface area (Å²) >= 11 is 3.69. The molecule has 2 aliphatic heterocycles. The molecule has 1 saturated heterocycles. The third kappa shape index (κ3) is 4.52. The average Bonchev–Trinajstić information content (AvgIpc) is 2.74. The molecule has 2 aliphatic rings. The number of rotatable bonds is 7. The Kier molecular flexibility index (Phi) is 6.86. The van der Waals surface area contributed by atoms with Crippen molar-refractivity contribution in [2.45, 2.75) is 21.1 Å². The van der Waals surface area contributed by atoms with E-state index in [-0.39, 0.29) is 6.61 Å². The average molecular weight is 416 g/mol. The fraction of sp³-hybridized carbons (Fsp3) is 0.455. The topological polar surface area (TPSA) is 30.0 Å². The van der Waals surface area contributed by atoms with E-state index in [4.69, 9.17) is 5.11 Å². The maximum atomic E-state index is 9.10. The van der Waals surface area contributed by atoms with Crippen molar-refractivity contribution in [2.24, 2.45) is 0 Å². The number of thioether (sulfide) groups is 1. The summed E-state index contributed by atoms with van der Waals surface area (Å²) in [6.07, 6.45) is 3.30. The first-order valence-corrected chi connectivity index (χ1v) is 12.1. The molecule has 1 fully saturated rings. The molecule has 4 rings (SSSR count). The summed E-state index contributed by atoms with van der Waals surface area (Å²) in [5, 5.41) is 9.10. The summed E-state index contributed by atoms with van der Waals surface area (Å²) in [5.74, 6) is 0. The van der Waals surface area contributed by atoms with E-state index < -0.39 is 0 Å². The largest absolute Gasteiger partial charge is 0.395 e. The number of fused-ring (bicyclic) bond motifs is 2. The van der Waals surface area contributed by atoms with Crippen molar-refractivity contribution >= 4 is 34.9 Å². The van der Waals surface area contributed by atoms with E-state index in [2.05, 4.69) is 63.4 Å². The van der Waals surface area contributed by atoms with E-state index in [1.807, 2.05) is 23.5 Å². The Morgan fingerprint density at radius 1 is 0.893 bits per heavy atom. The van der Waals surface area contributed by atoms with Crippen molar-refractivity contribution in [3.63, 3.8) is 0 Å². The van der Waals surface area contributed by atoms with Gasteiger partial charge in [0.1, 0.15) is 0 Å². The van der Waals surface area contributed by atoms with Gasteiger partial charge in [-0.25, -0.2) is 0 Å². The van der Waals surface area contributed by atoms with Crippen LogP contribution in [0.1, 0.15) is 6.42 Å². The van der Waals surface area contributed by atoms with Crippen molar-refractivity contribution in [1.82, 2.24) is 9.80 Å². The van der Waals surface area contributed by atoms with E-state index in [9.17, 15) is 0 Å². The van der Waals surface area contributed by atoms with Crippen LogP contribution in [0, 0.1) is 0 Å². The maximum Gasteiger partial charge on any atom is 0.0564 e. The molecular formula is C22H29N3OS2. The Hall–Kier alpha value is -1.18. The van der Waals surface area contributed by atoms with Gasteiger partial charge < -0.3 is 14.9 Å². The zero-order valence-corrected chi connectivity index (χ0v) is 18.1. The predicted octanol–water partition coefficient (Wildman–Crippen LogP) is 4.01. The van der Waals surface area contributed by atoms with Gasteiger partial charge in [0.2, 0.25) is 0 Å². The standard InChI is InChI=1S/C22H29N3OS2/c1-27-18-7-8-22-20(17-18)25(19-5-2-3-6-21(19)28-22)10-4-9-23-11-13-24(14-12-23)15-16-26/h2-3,5-8,17,26H,4,9-16H2,1H3. The molecule has 0 aliphatic carbocycles. The Morgan fingerprint density at radius 2 is 1.61 bits per heavy atom. The molecule has 0 amide bonds. The van der Waals surface area contributed by atoms with Crippen LogP contribution in [0.15, 0.2) is 57.2 Å². The highest BCUT2D eigenvalue weighted by Gasteiger charge is 2.24. The van der Waals surface area contributed by atoms with Gasteiger partial charge >= 0.3 is 0 Å². The molecule has 0 aromatic heterocycles. The molecule has 0 bridgehead atoms. The number of anilines is 2. The Bertz CT molecular complexity index is 793. The van der Waals surface area contributed by atoms with E-state index in [0.717, 1.165) is 52.2 Å². The number of aliphatic hydroxyl groups excluding tert-OH is 1. The summed E-state index contributed by atoms with van der Waals surface area (Å²) < 4.78 is 0. The molecule has 0 unspecified atom stereocenters. The molecule has 2 aromatic rings. The van der Waals surface area contributed by atoms with Gasteiger partial charge in [-0.1, -0.05) is 23.9 Å². The zero-order chi connectivity index (χ0) is 19.3. The number of piperazine rings is 1. The molecule has 6 heteroatoms. The molecule has 2 aromatic carbocycles. The first-order valence-electron chi connectivity index (χ1n) is 10.1. The summed E-state index contributed by atoms with van der Waals surface area (Å²) in [7, 11) is 0. The number of aliphatic hydroxyl groups is 1. The van der Waals surface area contributed by atoms with E-state index in [1.54, 1.807) is 0 Å². The number of β-amino-alcohol motifs (C(OH)–C–C–N with tert-alkyl or cyclic N) is 1. The molecule has 0 saturated carbocycles. The third-order valence-electron chi connectivity index (χ3n) is 5.57. The molecule has 0 spiro atoms. The number of para-hydroxylation sites is 1. The van der Waals surface area contributed by atoms with Gasteiger partial charge in [-0.2, -0.15) is 0 Å². The molecule has 28 heavy (non-hydrogen) atoms. The first kappa shape index (κ1) is 20.1. The van der Waals surface area contributed by atoms with E-state index in [0.29, 0.717) is 0 Å². The fourth-order valence-electron chi connectivity index (χ4n) is 4.01. The number of benzene rings is 2. The quantitative estimate of drug-likeness (QED) is 0.688. The van der Waals surface area contributed by atoms with Gasteiger partial charge in [0.05, 0.1) is 18.0 Å². The minimum atomic E-state index is 0.268. The lowest BCUT2D eigenvalue weighted by Crippen LogP contribution is -2.47. The van der Waals surface area contributed by atoms with Crippen LogP contribution in [-0.2, 0) is 0 Å². The third-order valence-corrected chi connectivity index (χ3v) is 7.43. The summed E-state index contributed by atoms with van der Waals surface area (Å²) in [5.41, 5.74) is 2.69. The van der Waals surface area contributed by atoms with Crippen molar-refractivity contribution in [1.29, 1.82) is 0 Å². The Labute approximate surface area is 176 Å². The van der Waals surface area contributed by atoms with Crippen molar-refractivity contribution in [3.05, 3.63) is 42.5 Å². The molecule has 0 atom stereocenters. The monoisotopic (exact) mass is 415 g/mol. The molecule has 2 heterocycles. The highest BCUT2D eigenvalue weighted by molar-refractivity contribution is 8.00. The minimum absolute atomic E-state index is 0.268. The molecule has 4 nitrogen and oxygen atoms in total. The van der Waals surface area contributed by atoms with Crippen LogP contribution in [0.5, 0.6) is 0 Å². The first-order chi connectivity index (χ1) is 13.8. The molecule has 150 valence electrons. The van der Waals surface area contributed by atoms with Crippen LogP contribution in [0.2, 0.25) is 0 Å². The van der Waals surface area contributed by atoms with Crippen molar-refractivity contribution in [2.75, 3.05) is 63.6 Å². The van der Waals surface area contributed by atoms with Crippen LogP contribution in [0.25, 0.3) is 0 Å². The zero-order valence-electron chi connectivity index (χ0n) is 16.5. The predicted molar refractivity (Wildman–Crippen MR) is 120 cm³/mol. The number of hydrogen-bond donors (Lipinski definition) is 1. The summed E-state index contributed by atoms with van der Waals surface area (Å²) in [6.45, 7) is 7.62. The molecule has 1 N–H and O–H groups in total. The van der Waals surface area contributed by atoms with Gasteiger partial charge in [-0.15, -0.1) is 11.8 Å². The minimum Gasteiger partial charge on any atom is -0.395 e. The lowest BCUT2D eigenvalue weighted by molar-refractivity contribution is 0.112. The summed E-state index contributed by atoms with van der Waals surface area (Å²) in [4.78, 5) is 11.5. The van der Waals surface area contributed by atoms with E-state index in [1.165, 1.54) is 26.1 Å². The molecular weight excluding hydrogens is 386 g/mol. The lowest BCUT2D eigenvalue weighted by Gasteiger charge is -2.36. The number of hydrogen-bond acceptors (Lipinski definition) is 6. The van der Waals surface area contributed by atoms with E-state index >= 15 is 0 Å². The van der Waals surface area contributed by atoms with Gasteiger partial charge in [0.15, 0.2) is 0 Å². The van der Waals surface area contributed by atoms with Crippen LogP contribution in [0.3, 0.4) is 0 Å². The SMILES string of the molecule is CSc1ccc2c(c1)N(CCCN1CCN(CCO)CC1)c1ccccc1S2. The fourth-order valence-corrected chi connectivity index (χ4v) is 5.52. The highest BCUT2D eigenvalue weighted by atomic mass is 32.2. The Balaban J connectivity index is 1.43. The Morgan fingerprint density at radius 3 is 2.36 bits per heavy atom. The van der Waals surface area contributed by atoms with Gasteiger partial charge in [-0.05, 0) is 49.6 Å². The lowest BCUT2D eigenvalue weighted by atomic mass is 10.2. The van der Waals surface area contributed by atoms with Crippen LogP contribution in [0.4, 0.5) is 11.4 Å². The number of nitrogens with zero attached hydrogens (tertiary/aromatic N) is 3. The van der Waals surface area contributed by atoms with Gasteiger partial charge in [0.25, 0.3) is 0 Å². The summed E-state index contributed by atoms with van der Waals surface area (Å²) in [6, 6.07) is 15.6. The van der Waals surface area contributed by atoms with Gasteiger partial charge in [0, 0.05) is 54.0 Å². The second-order valence-corrected chi connectivity index (χ2v) is 9.28. The van der Waals surface area contributed by atoms with Crippen molar-refractivity contribution in [3.8, 4) is 0 Å². The maximum absolute atomic E-state index is 9.10. The normalized spacial score (nSPS) is 17.4. The van der Waals surface area contributed by atoms with Crippen LogP contribution in [-0.4, -0.2) is 73.6 Å². The van der Waals surface area contributed by atoms with Crippen molar-refractivity contribution < 1.29 is 5.11 Å². The van der Waals surface area contributed by atoms with Crippen LogP contribution >= 0.6 is 23.5 Å². The smallest absolute Gasteiger partial charge is 0.0564 e. The molecule has 0 radical (unpaired) electrons. The second kappa shape index (κ2) is 9.55. The second-order valence-electron chi connectivity index (χ2n) is 7.32. The highest BCUT2D eigenvalue weighted by Crippen LogP contribution is 2.48. The van der Waals surface area contributed by atoms with Crippen LogP contribution < -0.4 is 4.90 Å². The van der Waals surface area contributed by atoms with Gasteiger partial charge in [-0.3, -0.25) is 4.90 Å².